The molecule has 0 unspecified atom stereocenters. The molecule has 0 fully saturated rings. The Labute approximate surface area is 625 Å². The third-order valence-corrected chi connectivity index (χ3v) is 25.4. The molecular formula is C92H54N10S4. The van der Waals surface area contributed by atoms with Crippen molar-refractivity contribution in [1.29, 1.82) is 0 Å². The number of benzene rings is 11. The number of nitrogens with zero attached hydrogens (tertiary/aromatic N) is 10. The summed E-state index contributed by atoms with van der Waals surface area (Å²) in [5.41, 5.74) is 19.2. The fraction of sp³-hybridized carbons (Fsp3) is 0.0217. The van der Waals surface area contributed by atoms with Gasteiger partial charge in [-0.2, -0.15) is 9.97 Å². The second-order valence-corrected chi connectivity index (χ2v) is 30.7. The monoisotopic (exact) mass is 1430 g/mol. The minimum atomic E-state index is -0.515. The molecule has 10 nitrogen and oxygen atoms in total. The molecule has 0 radical (unpaired) electrons. The number of hydrogen-bond donors (Lipinski definition) is 0. The molecule has 11 aromatic carbocycles. The average Bonchev–Trinajstić information content (AvgIpc) is 1.48. The first-order valence-corrected chi connectivity index (χ1v) is 38.7. The highest BCUT2D eigenvalue weighted by Gasteiger charge is 2.55. The zero-order chi connectivity index (χ0) is 69.6. The second-order valence-electron chi connectivity index (χ2n) is 27.0. The second kappa shape index (κ2) is 23.9. The minimum absolute atomic E-state index is 0.458. The fourth-order valence-corrected chi connectivity index (χ4v) is 21.1. The zero-order valence-corrected chi connectivity index (χ0v) is 59.5. The smallest absolute Gasteiger partial charge is 0.238 e. The van der Waals surface area contributed by atoms with Gasteiger partial charge in [0.25, 0.3) is 0 Å². The normalized spacial score (nSPS) is 13.6. The summed E-state index contributed by atoms with van der Waals surface area (Å²) in [5.74, 6) is 3.43. The van der Waals surface area contributed by atoms with Gasteiger partial charge in [-0.05, 0) is 230 Å². The summed E-state index contributed by atoms with van der Waals surface area (Å²) in [6, 6.07) is 104. The van der Waals surface area contributed by atoms with E-state index in [0.717, 1.165) is 44.5 Å². The first-order valence-electron chi connectivity index (χ1n) is 35.1. The van der Waals surface area contributed by atoms with Crippen molar-refractivity contribution in [3.05, 3.63) is 370 Å². The van der Waals surface area contributed by atoms with Crippen LogP contribution in [-0.4, -0.2) is 39.9 Å². The number of pyridine rings is 2. The number of fused-ring (bicyclic) bond motifs is 22. The Morgan fingerprint density at radius 1 is 0.236 bits per heavy atom. The van der Waals surface area contributed by atoms with Crippen molar-refractivity contribution >= 4 is 123 Å². The maximum atomic E-state index is 5.27. The predicted molar refractivity (Wildman–Crippen MR) is 435 cm³/mol. The van der Waals surface area contributed by atoms with E-state index >= 15 is 0 Å². The SMILES string of the molecule is c1ccc(-c2nc(-c3ccc(N4c5cc6ccccc6cc5C5(c6cc7ccccc7cc64)c4ccsc4-c4sccc45)cc3)nc(-c3ccccn3)n2)cc1.c1ccc(-c2nc(-c3ccccn3)nc(N3c4cc5ccccc5cc4C4(c5cc6ccccc6cc53)c3ccsc3-c3sccc34)n2)cc1. The number of thiophene rings is 4. The maximum absolute atomic E-state index is 5.27. The molecule has 2 aliphatic carbocycles. The maximum Gasteiger partial charge on any atom is 0.238 e. The highest BCUT2D eigenvalue weighted by Crippen LogP contribution is 2.68. The topological polar surface area (TPSA) is 110 Å². The van der Waals surface area contributed by atoms with Crippen molar-refractivity contribution in [2.75, 3.05) is 9.80 Å². The van der Waals surface area contributed by atoms with Gasteiger partial charge in [0.2, 0.25) is 5.95 Å². The molecule has 4 aliphatic rings. The van der Waals surface area contributed by atoms with Crippen molar-refractivity contribution in [2.24, 2.45) is 0 Å². The number of hydrogen-bond acceptors (Lipinski definition) is 14. The Balaban J connectivity index is 0.000000133. The van der Waals surface area contributed by atoms with E-state index < -0.39 is 10.8 Å². The molecule has 23 rings (SSSR count). The van der Waals surface area contributed by atoms with Crippen LogP contribution in [0.15, 0.2) is 325 Å². The molecule has 0 atom stereocenters. The van der Waals surface area contributed by atoms with Crippen LogP contribution in [0.2, 0.25) is 0 Å². The Morgan fingerprint density at radius 2 is 0.528 bits per heavy atom. The molecular weight excluding hydrogens is 1370 g/mol. The van der Waals surface area contributed by atoms with Gasteiger partial charge in [0.15, 0.2) is 29.1 Å². The first kappa shape index (κ1) is 60.7. The van der Waals surface area contributed by atoms with Crippen molar-refractivity contribution in [1.82, 2.24) is 39.9 Å². The highest BCUT2D eigenvalue weighted by atomic mass is 32.1. The van der Waals surface area contributed by atoms with E-state index in [0.29, 0.717) is 46.5 Å². The summed E-state index contributed by atoms with van der Waals surface area (Å²) in [7, 11) is 0. The highest BCUT2D eigenvalue weighted by molar-refractivity contribution is 7.21. The molecule has 0 N–H and O–H groups in total. The van der Waals surface area contributed by atoms with Gasteiger partial charge < -0.3 is 4.90 Å². The van der Waals surface area contributed by atoms with Gasteiger partial charge >= 0.3 is 0 Å². The molecule has 0 saturated carbocycles. The standard InChI is InChI=1S/C49H29N5S2.C43H25N5S2/c1-2-10-30(11-3-1)46-51-47(53-48(52-46)41-16-8-9-23-50-41)31-17-19-36(20-18-31)54-42-28-34-14-6-4-12-32(34)26-39(42)49(37-21-24-55-44(37)45-38(49)22-25-56-45)40-27-33-13-5-7-15-35(33)29-43(40)54;1-2-10-26(11-3-1)40-45-41(35-16-8-9-19-44-35)47-42(46-40)48-36-24-29-14-6-4-12-27(29)22-33(36)43(31-17-20-49-38(31)39-32(43)18-21-50-39)34-23-28-13-5-7-15-30(28)25-37(34)48/h1-29H;1-25H. The van der Waals surface area contributed by atoms with Crippen LogP contribution in [0.5, 0.6) is 0 Å². The Hall–Kier alpha value is -12.8. The van der Waals surface area contributed by atoms with E-state index in [1.54, 1.807) is 12.4 Å². The molecule has 0 amide bonds. The van der Waals surface area contributed by atoms with Crippen LogP contribution in [0.1, 0.15) is 44.5 Å². The summed E-state index contributed by atoms with van der Waals surface area (Å²) in [5, 5.41) is 18.6. The van der Waals surface area contributed by atoms with Crippen molar-refractivity contribution < 1.29 is 0 Å². The average molecular weight is 1430 g/mol. The Bertz CT molecular complexity index is 6380. The van der Waals surface area contributed by atoms with Gasteiger partial charge in [0.1, 0.15) is 11.4 Å². The summed E-state index contributed by atoms with van der Waals surface area (Å²) < 4.78 is 0. The number of rotatable bonds is 7. The lowest BCUT2D eigenvalue weighted by atomic mass is 9.64. The van der Waals surface area contributed by atoms with Crippen LogP contribution in [0.4, 0.5) is 34.4 Å². The quantitative estimate of drug-likeness (QED) is 0.153. The van der Waals surface area contributed by atoms with E-state index in [1.807, 2.05) is 142 Å². The third kappa shape index (κ3) is 9.12. The van der Waals surface area contributed by atoms with Crippen LogP contribution in [0, 0.1) is 0 Å². The van der Waals surface area contributed by atoms with Crippen LogP contribution in [-0.2, 0) is 10.8 Å². The van der Waals surface area contributed by atoms with E-state index in [-0.39, 0.29) is 0 Å². The van der Waals surface area contributed by atoms with Crippen molar-refractivity contribution in [3.63, 3.8) is 0 Å². The zero-order valence-electron chi connectivity index (χ0n) is 56.3. The van der Waals surface area contributed by atoms with E-state index in [1.165, 1.54) is 108 Å². The third-order valence-electron chi connectivity index (χ3n) is 21.4. The first-order chi connectivity index (χ1) is 52.5. The molecule has 496 valence electrons. The molecule has 10 heterocycles. The molecule has 14 heteroatoms. The van der Waals surface area contributed by atoms with E-state index in [4.69, 9.17) is 29.9 Å². The lowest BCUT2D eigenvalue weighted by molar-refractivity contribution is 0.755. The number of anilines is 6. The molecule has 2 aliphatic heterocycles. The largest absolute Gasteiger partial charge is 0.310 e. The molecule has 2 spiro atoms. The Kier molecular flexibility index (Phi) is 13.7. The van der Waals surface area contributed by atoms with Gasteiger partial charge in [-0.1, -0.05) is 170 Å². The molecule has 8 aromatic heterocycles. The summed E-state index contributed by atoms with van der Waals surface area (Å²) >= 11 is 7.39. The Morgan fingerprint density at radius 3 is 0.887 bits per heavy atom. The van der Waals surface area contributed by atoms with Gasteiger partial charge in [0.05, 0.1) is 33.6 Å². The molecule has 0 saturated heterocycles. The van der Waals surface area contributed by atoms with Gasteiger partial charge in [0, 0.05) is 54.3 Å². The number of aromatic nitrogens is 8. The minimum Gasteiger partial charge on any atom is -0.310 e. The summed E-state index contributed by atoms with van der Waals surface area (Å²) in [6.07, 6.45) is 3.55. The lowest BCUT2D eigenvalue weighted by Gasteiger charge is -2.45. The van der Waals surface area contributed by atoms with Gasteiger partial charge in [-0.25, -0.2) is 19.9 Å². The molecule has 106 heavy (non-hydrogen) atoms. The summed E-state index contributed by atoms with van der Waals surface area (Å²) in [6.45, 7) is 0. The lowest BCUT2D eigenvalue weighted by Crippen LogP contribution is -2.36. The van der Waals surface area contributed by atoms with Crippen LogP contribution < -0.4 is 9.80 Å². The van der Waals surface area contributed by atoms with E-state index in [2.05, 4.69) is 235 Å². The molecule has 19 aromatic rings. The fourth-order valence-electron chi connectivity index (χ4n) is 16.9. The van der Waals surface area contributed by atoms with Crippen LogP contribution in [0.3, 0.4) is 0 Å². The van der Waals surface area contributed by atoms with Crippen molar-refractivity contribution in [3.8, 4) is 76.7 Å². The summed E-state index contributed by atoms with van der Waals surface area (Å²) in [4.78, 5) is 49.8. The predicted octanol–water partition coefficient (Wildman–Crippen LogP) is 24.0. The van der Waals surface area contributed by atoms with Gasteiger partial charge in [-0.3, -0.25) is 14.9 Å². The van der Waals surface area contributed by atoms with Crippen molar-refractivity contribution in [2.45, 2.75) is 10.8 Å². The molecule has 0 bridgehead atoms. The van der Waals surface area contributed by atoms with E-state index in [9.17, 15) is 0 Å². The van der Waals surface area contributed by atoms with Gasteiger partial charge in [-0.15, -0.1) is 45.3 Å². The van der Waals surface area contributed by atoms with Crippen LogP contribution in [0.25, 0.3) is 120 Å². The van der Waals surface area contributed by atoms with Crippen LogP contribution >= 0.6 is 45.3 Å².